The van der Waals surface area contributed by atoms with E-state index in [9.17, 15) is 4.79 Å². The molecule has 49 heavy (non-hydrogen) atoms. The molecule has 4 aromatic carbocycles. The van der Waals surface area contributed by atoms with Gasteiger partial charge in [-0.05, 0) is 91.2 Å². The highest BCUT2D eigenvalue weighted by Gasteiger charge is 2.65. The van der Waals surface area contributed by atoms with Crippen LogP contribution >= 0.6 is 23.4 Å². The summed E-state index contributed by atoms with van der Waals surface area (Å²) in [5, 5.41) is 13.6. The van der Waals surface area contributed by atoms with Crippen LogP contribution in [0.4, 0.5) is 5.69 Å². The number of amides is 1. The van der Waals surface area contributed by atoms with Crippen LogP contribution in [-0.2, 0) is 11.3 Å². The van der Waals surface area contributed by atoms with E-state index < -0.39 is 6.04 Å². The topological polar surface area (TPSA) is 85.6 Å². The molecule has 3 heterocycles. The van der Waals surface area contributed by atoms with Gasteiger partial charge in [-0.3, -0.25) is 4.79 Å². The maximum absolute atomic E-state index is 14.7. The van der Waals surface area contributed by atoms with Gasteiger partial charge in [0, 0.05) is 15.5 Å². The number of carbonyl (C=O) groups excluding carboxylic acids is 1. The van der Waals surface area contributed by atoms with Crippen LogP contribution in [0.1, 0.15) is 62.3 Å². The third-order valence-corrected chi connectivity index (χ3v) is 10.9. The molecule has 2 fully saturated rings. The molecule has 3 unspecified atom stereocenters. The minimum absolute atomic E-state index is 0.0427. The average Bonchev–Trinajstić information content (AvgIpc) is 3.65. The number of rotatable bonds is 12. The van der Waals surface area contributed by atoms with E-state index in [4.69, 9.17) is 21.1 Å². The zero-order chi connectivity index (χ0) is 34.1. The van der Waals surface area contributed by atoms with E-state index in [2.05, 4.69) is 70.7 Å². The third kappa shape index (κ3) is 6.24. The van der Waals surface area contributed by atoms with Gasteiger partial charge in [0.05, 0.1) is 25.8 Å². The van der Waals surface area contributed by atoms with Crippen LogP contribution in [0.2, 0.25) is 5.02 Å². The molecule has 0 bridgehead atoms. The van der Waals surface area contributed by atoms with Crippen molar-refractivity contribution in [3.8, 4) is 11.5 Å². The number of para-hydroxylation sites is 1. The van der Waals surface area contributed by atoms with Gasteiger partial charge in [0.1, 0.15) is 17.5 Å². The fourth-order valence-corrected chi connectivity index (χ4v) is 8.83. The van der Waals surface area contributed by atoms with E-state index in [1.165, 1.54) is 0 Å². The van der Waals surface area contributed by atoms with Crippen LogP contribution in [0, 0.1) is 0 Å². The molecule has 1 amide bonds. The lowest BCUT2D eigenvalue weighted by Gasteiger charge is -2.52. The van der Waals surface area contributed by atoms with Gasteiger partial charge in [-0.1, -0.05) is 78.3 Å². The molecule has 9 nitrogen and oxygen atoms in total. The van der Waals surface area contributed by atoms with E-state index in [1.54, 1.807) is 16.4 Å². The molecule has 2 saturated heterocycles. The number of carbonyl (C=O) groups is 1. The molecule has 0 radical (unpaired) electrons. The predicted molar refractivity (Wildman–Crippen MR) is 193 cm³/mol. The van der Waals surface area contributed by atoms with E-state index in [1.807, 2.05) is 85.5 Å². The van der Waals surface area contributed by atoms with E-state index in [-0.39, 0.29) is 28.1 Å². The summed E-state index contributed by atoms with van der Waals surface area (Å²) < 4.78 is 13.1. The molecule has 5 aromatic rings. The highest BCUT2D eigenvalue weighted by atomic mass is 35.5. The Balaban J connectivity index is 1.24. The standard InChI is InChI=1S/C38H39ClN6O3S/c1-5-47-30-22-17-25(23-31(30)48-6-2)24-43-35(40-41-42-43)34-38(3,4)49-37-33(36(46)45(34)37)44(29-15-11-8-12-16-29)32(26-13-9-7-10-14-26)27-18-20-28(39)21-19-27/h7-23,32-34,37H,5-6,24H2,1-4H3/t32?,33?,34?,37-/m1/s1. The Hall–Kier alpha value is -4.54. The SMILES string of the molecule is CCOc1ccc(Cn2nnnc2C2N3C(=O)C(N(c4ccccc4)C(c4ccccc4)c4ccc(Cl)cc4)[C@H]3SC2(C)C)cc1OCC. The van der Waals surface area contributed by atoms with Crippen LogP contribution < -0.4 is 14.4 Å². The zero-order valence-corrected chi connectivity index (χ0v) is 29.5. The Morgan fingerprint density at radius 1 is 0.878 bits per heavy atom. The van der Waals surface area contributed by atoms with Gasteiger partial charge in [0.2, 0.25) is 5.91 Å². The van der Waals surface area contributed by atoms with Crippen LogP contribution in [-0.4, -0.2) is 60.4 Å². The lowest BCUT2D eigenvalue weighted by Crippen LogP contribution is -2.68. The Morgan fingerprint density at radius 2 is 1.53 bits per heavy atom. The molecule has 2 aliphatic rings. The first kappa shape index (κ1) is 33.0. The minimum atomic E-state index is -0.429. The van der Waals surface area contributed by atoms with E-state index in [0.29, 0.717) is 42.1 Å². The van der Waals surface area contributed by atoms with Crippen LogP contribution in [0.3, 0.4) is 0 Å². The van der Waals surface area contributed by atoms with Crippen molar-refractivity contribution in [3.05, 3.63) is 131 Å². The zero-order valence-electron chi connectivity index (χ0n) is 27.9. The number of hydrogen-bond acceptors (Lipinski definition) is 8. The quantitative estimate of drug-likeness (QED) is 0.124. The van der Waals surface area contributed by atoms with Crippen molar-refractivity contribution in [1.29, 1.82) is 0 Å². The number of tetrazole rings is 1. The van der Waals surface area contributed by atoms with Gasteiger partial charge >= 0.3 is 0 Å². The Bertz CT molecular complexity index is 1910. The molecule has 0 aliphatic carbocycles. The summed E-state index contributed by atoms with van der Waals surface area (Å²) in [7, 11) is 0. The summed E-state index contributed by atoms with van der Waals surface area (Å²) >= 11 is 8.15. The van der Waals surface area contributed by atoms with Crippen molar-refractivity contribution >= 4 is 35.0 Å². The van der Waals surface area contributed by atoms with Crippen molar-refractivity contribution in [2.75, 3.05) is 18.1 Å². The second kappa shape index (κ2) is 13.8. The third-order valence-electron chi connectivity index (χ3n) is 9.09. The molecule has 0 saturated carbocycles. The van der Waals surface area contributed by atoms with Gasteiger partial charge in [-0.15, -0.1) is 16.9 Å². The highest BCUT2D eigenvalue weighted by molar-refractivity contribution is 8.01. The fraction of sp³-hybridized carbons (Fsp3) is 0.316. The maximum atomic E-state index is 14.7. The molecule has 11 heteroatoms. The predicted octanol–water partition coefficient (Wildman–Crippen LogP) is 7.57. The Labute approximate surface area is 296 Å². The first-order chi connectivity index (χ1) is 23.8. The second-order valence-corrected chi connectivity index (χ2v) is 14.9. The van der Waals surface area contributed by atoms with Gasteiger partial charge in [-0.2, -0.15) is 0 Å². The maximum Gasteiger partial charge on any atom is 0.250 e. The van der Waals surface area contributed by atoms with Gasteiger partial charge < -0.3 is 19.3 Å². The van der Waals surface area contributed by atoms with Crippen molar-refractivity contribution < 1.29 is 14.3 Å². The number of β-lactam (4-membered cyclic amide) rings is 1. The van der Waals surface area contributed by atoms with Crippen molar-refractivity contribution in [2.45, 2.75) is 62.5 Å². The molecule has 0 spiro atoms. The summed E-state index contributed by atoms with van der Waals surface area (Å²) in [6.45, 7) is 9.74. The number of aromatic nitrogens is 4. The molecule has 2 aliphatic heterocycles. The van der Waals surface area contributed by atoms with Gasteiger partial charge in [0.25, 0.3) is 0 Å². The largest absolute Gasteiger partial charge is 0.490 e. The molecule has 1 aromatic heterocycles. The smallest absolute Gasteiger partial charge is 0.250 e. The van der Waals surface area contributed by atoms with Gasteiger partial charge in [-0.25, -0.2) is 4.68 Å². The van der Waals surface area contributed by atoms with Crippen LogP contribution in [0.5, 0.6) is 11.5 Å². The van der Waals surface area contributed by atoms with Crippen molar-refractivity contribution in [3.63, 3.8) is 0 Å². The lowest BCUT2D eigenvalue weighted by molar-refractivity contribution is -0.148. The number of anilines is 1. The fourth-order valence-electron chi connectivity index (χ4n) is 7.02. The Kier molecular flexibility index (Phi) is 9.26. The van der Waals surface area contributed by atoms with Crippen LogP contribution in [0.25, 0.3) is 0 Å². The van der Waals surface area contributed by atoms with Crippen LogP contribution in [0.15, 0.2) is 103 Å². The van der Waals surface area contributed by atoms with E-state index >= 15 is 0 Å². The molecular weight excluding hydrogens is 656 g/mol. The number of thioether (sulfide) groups is 1. The van der Waals surface area contributed by atoms with Gasteiger partial charge in [0.15, 0.2) is 17.3 Å². The number of fused-ring (bicyclic) bond motifs is 1. The van der Waals surface area contributed by atoms with Crippen molar-refractivity contribution in [2.24, 2.45) is 0 Å². The van der Waals surface area contributed by atoms with E-state index in [0.717, 1.165) is 22.4 Å². The summed E-state index contributed by atoms with van der Waals surface area (Å²) in [5.74, 6) is 2.08. The summed E-state index contributed by atoms with van der Waals surface area (Å²) in [5.41, 5.74) is 4.08. The molecule has 7 rings (SSSR count). The second-order valence-electron chi connectivity index (χ2n) is 12.7. The summed E-state index contributed by atoms with van der Waals surface area (Å²) in [6, 6.07) is 33.4. The number of benzene rings is 4. The molecule has 4 atom stereocenters. The molecule has 252 valence electrons. The number of ether oxygens (including phenoxy) is 2. The monoisotopic (exact) mass is 694 g/mol. The minimum Gasteiger partial charge on any atom is -0.490 e. The van der Waals surface area contributed by atoms with Crippen molar-refractivity contribution in [1.82, 2.24) is 25.1 Å². The number of halogens is 1. The first-order valence-corrected chi connectivity index (χ1v) is 17.8. The molecule has 0 N–H and O–H groups in total. The summed E-state index contributed by atoms with van der Waals surface area (Å²) in [6.07, 6.45) is 0. The number of nitrogens with zero attached hydrogens (tertiary/aromatic N) is 6. The lowest BCUT2D eigenvalue weighted by atomic mass is 9.90. The summed E-state index contributed by atoms with van der Waals surface area (Å²) in [4.78, 5) is 19.0. The molecular formula is C38H39ClN6O3S. The normalized spacial score (nSPS) is 20.0. The Morgan fingerprint density at radius 3 is 2.22 bits per heavy atom. The number of hydrogen-bond donors (Lipinski definition) is 0. The highest BCUT2D eigenvalue weighted by Crippen LogP contribution is 2.59. The average molecular weight is 695 g/mol. The first-order valence-electron chi connectivity index (χ1n) is 16.6.